The summed E-state index contributed by atoms with van der Waals surface area (Å²) in [7, 11) is -1.91. The number of benzene rings is 2. The van der Waals surface area contributed by atoms with Crippen LogP contribution in [-0.2, 0) is 21.2 Å². The van der Waals surface area contributed by atoms with Crippen LogP contribution >= 0.6 is 0 Å². The number of rotatable bonds is 7. The molecule has 1 aliphatic rings. The Hall–Kier alpha value is -2.42. The van der Waals surface area contributed by atoms with Crippen LogP contribution < -0.4 is 10.1 Å². The number of amides is 1. The van der Waals surface area contributed by atoms with E-state index in [0.717, 1.165) is 5.56 Å². The van der Waals surface area contributed by atoms with Gasteiger partial charge < -0.3 is 14.8 Å². The molecule has 1 amide bonds. The van der Waals surface area contributed by atoms with E-state index in [1.54, 1.807) is 55.6 Å². The molecule has 150 valence electrons. The van der Waals surface area contributed by atoms with E-state index in [0.29, 0.717) is 50.6 Å². The SMILES string of the molecule is COc1ccc(C(=O)NCCc2ccc(S(=O)(=O)N3CCOCC3)cc2)cc1. The third-order valence-corrected chi connectivity index (χ3v) is 6.50. The standard InChI is InChI=1S/C20H24N2O5S/c1-26-18-6-4-17(5-7-18)20(23)21-11-10-16-2-8-19(9-3-16)28(24,25)22-12-14-27-15-13-22/h2-9H,10-15H2,1H3,(H,21,23). The third-order valence-electron chi connectivity index (χ3n) is 4.58. The van der Waals surface area contributed by atoms with Gasteiger partial charge in [0.2, 0.25) is 10.0 Å². The maximum Gasteiger partial charge on any atom is 0.251 e. The van der Waals surface area contributed by atoms with Crippen molar-refractivity contribution in [1.29, 1.82) is 0 Å². The van der Waals surface area contributed by atoms with E-state index in [1.165, 1.54) is 4.31 Å². The lowest BCUT2D eigenvalue weighted by molar-refractivity contribution is 0.0730. The van der Waals surface area contributed by atoms with E-state index in [9.17, 15) is 13.2 Å². The summed E-state index contributed by atoms with van der Waals surface area (Å²) >= 11 is 0. The number of morpholine rings is 1. The van der Waals surface area contributed by atoms with Crippen molar-refractivity contribution in [3.8, 4) is 5.75 Å². The van der Waals surface area contributed by atoms with Crippen LogP contribution in [0.1, 0.15) is 15.9 Å². The Kier molecular flexibility index (Phi) is 6.66. The minimum Gasteiger partial charge on any atom is -0.497 e. The number of ether oxygens (including phenoxy) is 2. The van der Waals surface area contributed by atoms with Crippen molar-refractivity contribution in [3.63, 3.8) is 0 Å². The molecule has 3 rings (SSSR count). The number of nitrogens with one attached hydrogen (secondary N) is 1. The Morgan fingerprint density at radius 1 is 1.07 bits per heavy atom. The number of carbonyl (C=O) groups excluding carboxylic acids is 1. The van der Waals surface area contributed by atoms with Crippen molar-refractivity contribution in [3.05, 3.63) is 59.7 Å². The molecule has 0 aliphatic carbocycles. The minimum absolute atomic E-state index is 0.158. The van der Waals surface area contributed by atoms with Crippen molar-refractivity contribution in [2.45, 2.75) is 11.3 Å². The maximum absolute atomic E-state index is 12.6. The predicted octanol–water partition coefficient (Wildman–Crippen LogP) is 1.69. The Balaban J connectivity index is 1.53. The number of hydrogen-bond acceptors (Lipinski definition) is 5. The highest BCUT2D eigenvalue weighted by Crippen LogP contribution is 2.18. The zero-order valence-electron chi connectivity index (χ0n) is 15.8. The van der Waals surface area contributed by atoms with Crippen molar-refractivity contribution in [2.24, 2.45) is 0 Å². The fraction of sp³-hybridized carbons (Fsp3) is 0.350. The van der Waals surface area contributed by atoms with Crippen LogP contribution in [0.3, 0.4) is 0 Å². The highest BCUT2D eigenvalue weighted by Gasteiger charge is 2.25. The Bertz CT molecular complexity index is 889. The van der Waals surface area contributed by atoms with Crippen molar-refractivity contribution < 1.29 is 22.7 Å². The number of carbonyl (C=O) groups is 1. The van der Waals surface area contributed by atoms with Crippen LogP contribution in [0.25, 0.3) is 0 Å². The van der Waals surface area contributed by atoms with Crippen LogP contribution in [0, 0.1) is 0 Å². The van der Waals surface area contributed by atoms with E-state index in [1.807, 2.05) is 0 Å². The van der Waals surface area contributed by atoms with Gasteiger partial charge in [-0.05, 0) is 48.4 Å². The largest absolute Gasteiger partial charge is 0.497 e. The molecule has 0 spiro atoms. The Labute approximate surface area is 165 Å². The van der Waals surface area contributed by atoms with Gasteiger partial charge in [0.1, 0.15) is 5.75 Å². The normalized spacial score (nSPS) is 15.2. The first-order valence-corrected chi connectivity index (χ1v) is 10.5. The van der Waals surface area contributed by atoms with Crippen molar-refractivity contribution in [2.75, 3.05) is 40.0 Å². The lowest BCUT2D eigenvalue weighted by Gasteiger charge is -2.26. The quantitative estimate of drug-likeness (QED) is 0.759. The zero-order valence-corrected chi connectivity index (χ0v) is 16.6. The number of nitrogens with zero attached hydrogens (tertiary/aromatic N) is 1. The van der Waals surface area contributed by atoms with Gasteiger partial charge in [-0.25, -0.2) is 8.42 Å². The summed E-state index contributed by atoms with van der Waals surface area (Å²) in [6.45, 7) is 2.06. The molecular formula is C20H24N2O5S. The average Bonchev–Trinajstić information content (AvgIpc) is 2.74. The Morgan fingerprint density at radius 3 is 2.32 bits per heavy atom. The molecule has 1 aliphatic heterocycles. The number of hydrogen-bond donors (Lipinski definition) is 1. The topological polar surface area (TPSA) is 84.9 Å². The van der Waals surface area contributed by atoms with Gasteiger partial charge in [0.25, 0.3) is 5.91 Å². The van der Waals surface area contributed by atoms with Gasteiger partial charge in [0, 0.05) is 25.2 Å². The van der Waals surface area contributed by atoms with Crippen molar-refractivity contribution in [1.82, 2.24) is 9.62 Å². The molecule has 0 aromatic heterocycles. The summed E-state index contributed by atoms with van der Waals surface area (Å²) in [6, 6.07) is 13.7. The fourth-order valence-corrected chi connectivity index (χ4v) is 4.34. The highest BCUT2D eigenvalue weighted by atomic mass is 32.2. The van der Waals surface area contributed by atoms with Crippen LogP contribution in [0.2, 0.25) is 0 Å². The molecule has 0 unspecified atom stereocenters. The molecule has 1 N–H and O–H groups in total. The van der Waals surface area contributed by atoms with Gasteiger partial charge in [-0.2, -0.15) is 4.31 Å². The number of sulfonamides is 1. The first-order chi connectivity index (χ1) is 13.5. The smallest absolute Gasteiger partial charge is 0.251 e. The molecule has 1 saturated heterocycles. The van der Waals surface area contributed by atoms with E-state index in [2.05, 4.69) is 5.32 Å². The molecule has 0 bridgehead atoms. The molecule has 8 heteroatoms. The van der Waals surface area contributed by atoms with Gasteiger partial charge >= 0.3 is 0 Å². The molecule has 0 atom stereocenters. The summed E-state index contributed by atoms with van der Waals surface area (Å²) in [5, 5.41) is 2.86. The second-order valence-corrected chi connectivity index (χ2v) is 8.33. The zero-order chi connectivity index (χ0) is 20.0. The molecule has 28 heavy (non-hydrogen) atoms. The molecule has 1 heterocycles. The van der Waals surface area contributed by atoms with Gasteiger partial charge in [0.05, 0.1) is 25.2 Å². The fourth-order valence-electron chi connectivity index (χ4n) is 2.93. The third kappa shape index (κ3) is 4.89. The second-order valence-electron chi connectivity index (χ2n) is 6.39. The second kappa shape index (κ2) is 9.18. The summed E-state index contributed by atoms with van der Waals surface area (Å²) in [5.74, 6) is 0.540. The first-order valence-electron chi connectivity index (χ1n) is 9.10. The molecular weight excluding hydrogens is 380 g/mol. The van der Waals surface area contributed by atoms with Gasteiger partial charge in [0.15, 0.2) is 0 Å². The first kappa shape index (κ1) is 20.3. The van der Waals surface area contributed by atoms with Crippen LogP contribution in [0.5, 0.6) is 5.75 Å². The van der Waals surface area contributed by atoms with Crippen LogP contribution in [-0.4, -0.2) is 58.6 Å². The molecule has 0 saturated carbocycles. The van der Waals surface area contributed by atoms with E-state index in [4.69, 9.17) is 9.47 Å². The summed E-state index contributed by atoms with van der Waals surface area (Å²) in [5.41, 5.74) is 1.52. The predicted molar refractivity (Wildman–Crippen MR) is 105 cm³/mol. The minimum atomic E-state index is -3.48. The van der Waals surface area contributed by atoms with Crippen molar-refractivity contribution >= 4 is 15.9 Å². The van der Waals surface area contributed by atoms with E-state index >= 15 is 0 Å². The van der Waals surface area contributed by atoms with Crippen LogP contribution in [0.15, 0.2) is 53.4 Å². The average molecular weight is 404 g/mol. The molecule has 2 aromatic rings. The highest BCUT2D eigenvalue weighted by molar-refractivity contribution is 7.89. The molecule has 2 aromatic carbocycles. The lowest BCUT2D eigenvalue weighted by atomic mass is 10.1. The van der Waals surface area contributed by atoms with Crippen LogP contribution in [0.4, 0.5) is 0 Å². The Morgan fingerprint density at radius 2 is 1.71 bits per heavy atom. The van der Waals surface area contributed by atoms with Gasteiger partial charge in [-0.3, -0.25) is 4.79 Å². The molecule has 0 radical (unpaired) electrons. The maximum atomic E-state index is 12.6. The van der Waals surface area contributed by atoms with E-state index < -0.39 is 10.0 Å². The summed E-state index contributed by atoms with van der Waals surface area (Å²) < 4.78 is 36.9. The molecule has 7 nitrogen and oxygen atoms in total. The lowest BCUT2D eigenvalue weighted by Crippen LogP contribution is -2.40. The van der Waals surface area contributed by atoms with Gasteiger partial charge in [-0.15, -0.1) is 0 Å². The monoisotopic (exact) mass is 404 g/mol. The van der Waals surface area contributed by atoms with E-state index in [-0.39, 0.29) is 10.8 Å². The molecule has 1 fully saturated rings. The summed E-state index contributed by atoms with van der Waals surface area (Å²) in [4.78, 5) is 12.4. The number of methoxy groups -OCH3 is 1. The van der Waals surface area contributed by atoms with Gasteiger partial charge in [-0.1, -0.05) is 12.1 Å². The summed E-state index contributed by atoms with van der Waals surface area (Å²) in [6.07, 6.45) is 0.611.